The normalized spacial score (nSPS) is 12.2. The smallest absolute Gasteiger partial charge is 0.133 e. The van der Waals surface area contributed by atoms with E-state index >= 15 is 0 Å². The quantitative estimate of drug-likeness (QED) is 0.925. The highest BCUT2D eigenvalue weighted by molar-refractivity contribution is 9.10. The molecule has 1 aromatic heterocycles. The van der Waals surface area contributed by atoms with Crippen LogP contribution in [0.3, 0.4) is 0 Å². The number of ether oxygens (including phenoxy) is 1. The molecule has 0 bridgehead atoms. The lowest BCUT2D eigenvalue weighted by molar-refractivity contribution is 0.177. The summed E-state index contributed by atoms with van der Waals surface area (Å²) < 4.78 is 6.09. The van der Waals surface area contributed by atoms with Crippen LogP contribution in [0, 0.1) is 13.8 Å². The second-order valence-electron chi connectivity index (χ2n) is 4.82. The highest BCUT2D eigenvalue weighted by atomic mass is 79.9. The number of aryl methyl sites for hydroxylation is 2. The molecular weight excluding hydrogens is 318 g/mol. The van der Waals surface area contributed by atoms with Crippen LogP contribution in [0.5, 0.6) is 5.75 Å². The average Bonchev–Trinajstić information content (AvgIpc) is 2.38. The predicted octanol–water partition coefficient (Wildman–Crippen LogP) is 3.75. The molecule has 0 aliphatic rings. The molecule has 106 valence electrons. The number of benzene rings is 1. The minimum atomic E-state index is -0.552. The molecule has 0 aliphatic heterocycles. The molecule has 0 fully saturated rings. The van der Waals surface area contributed by atoms with Gasteiger partial charge in [0.05, 0.1) is 17.7 Å². The summed E-state index contributed by atoms with van der Waals surface area (Å²) in [7, 11) is 1.63. The fourth-order valence-corrected chi connectivity index (χ4v) is 2.81. The average molecular weight is 336 g/mol. The Balaban J connectivity index is 2.18. The number of rotatable bonds is 4. The predicted molar refractivity (Wildman–Crippen MR) is 83.1 cm³/mol. The van der Waals surface area contributed by atoms with E-state index in [2.05, 4.69) is 20.9 Å². The number of aliphatic hydroxyl groups is 1. The molecule has 0 spiro atoms. The van der Waals surface area contributed by atoms with E-state index in [1.54, 1.807) is 7.11 Å². The van der Waals surface area contributed by atoms with Crippen molar-refractivity contribution in [3.05, 3.63) is 57.3 Å². The molecule has 1 N–H and O–H groups in total. The third-order valence-electron chi connectivity index (χ3n) is 3.27. The van der Waals surface area contributed by atoms with E-state index in [0.717, 1.165) is 32.7 Å². The maximum atomic E-state index is 10.4. The summed E-state index contributed by atoms with van der Waals surface area (Å²) in [5.41, 5.74) is 3.77. The van der Waals surface area contributed by atoms with Gasteiger partial charge < -0.3 is 9.84 Å². The third kappa shape index (κ3) is 3.38. The van der Waals surface area contributed by atoms with Gasteiger partial charge in [-0.25, -0.2) is 0 Å². The number of halogens is 1. The first-order valence-electron chi connectivity index (χ1n) is 6.46. The monoisotopic (exact) mass is 335 g/mol. The van der Waals surface area contributed by atoms with Crippen LogP contribution in [0.2, 0.25) is 0 Å². The zero-order valence-corrected chi connectivity index (χ0v) is 13.4. The molecule has 0 saturated heterocycles. The largest absolute Gasteiger partial charge is 0.496 e. The maximum absolute atomic E-state index is 10.4. The van der Waals surface area contributed by atoms with Crippen LogP contribution in [-0.4, -0.2) is 17.2 Å². The van der Waals surface area contributed by atoms with Crippen molar-refractivity contribution >= 4 is 15.9 Å². The summed E-state index contributed by atoms with van der Waals surface area (Å²) in [6.07, 6.45) is -0.00264. The summed E-state index contributed by atoms with van der Waals surface area (Å²) >= 11 is 3.46. The second-order valence-corrected chi connectivity index (χ2v) is 5.67. The molecule has 1 unspecified atom stereocenters. The fourth-order valence-electron chi connectivity index (χ4n) is 2.22. The molecule has 3 nitrogen and oxygen atoms in total. The number of hydrogen-bond donors (Lipinski definition) is 1. The van der Waals surface area contributed by atoms with Crippen LogP contribution in [-0.2, 0) is 6.42 Å². The van der Waals surface area contributed by atoms with Gasteiger partial charge in [0.15, 0.2) is 0 Å². The molecular formula is C16H18BrNO2. The van der Waals surface area contributed by atoms with E-state index in [0.29, 0.717) is 6.42 Å². The summed E-state index contributed by atoms with van der Waals surface area (Å²) in [6.45, 7) is 3.87. The number of nitrogens with zero attached hydrogens (tertiary/aromatic N) is 1. The van der Waals surface area contributed by atoms with Gasteiger partial charge in [0, 0.05) is 23.4 Å². The first kappa shape index (κ1) is 15.0. The van der Waals surface area contributed by atoms with E-state index in [1.807, 2.05) is 44.2 Å². The first-order chi connectivity index (χ1) is 9.51. The van der Waals surface area contributed by atoms with Crippen molar-refractivity contribution in [3.63, 3.8) is 0 Å². The third-order valence-corrected chi connectivity index (χ3v) is 3.89. The van der Waals surface area contributed by atoms with Crippen molar-refractivity contribution in [3.8, 4) is 5.75 Å². The van der Waals surface area contributed by atoms with E-state index in [9.17, 15) is 5.11 Å². The second kappa shape index (κ2) is 6.37. The van der Waals surface area contributed by atoms with Gasteiger partial charge in [-0.05, 0) is 53.5 Å². The Kier molecular flexibility index (Phi) is 4.78. The number of aromatic nitrogens is 1. The van der Waals surface area contributed by atoms with Crippen LogP contribution >= 0.6 is 15.9 Å². The topological polar surface area (TPSA) is 42.4 Å². The number of aliphatic hydroxyl groups excluding tert-OH is 1. The van der Waals surface area contributed by atoms with Crippen LogP contribution in [0.1, 0.15) is 28.6 Å². The molecule has 1 heterocycles. The molecule has 4 heteroatoms. The molecule has 1 atom stereocenters. The van der Waals surface area contributed by atoms with E-state index < -0.39 is 6.10 Å². The van der Waals surface area contributed by atoms with Gasteiger partial charge in [0.25, 0.3) is 0 Å². The molecule has 0 radical (unpaired) electrons. The molecule has 1 aromatic carbocycles. The van der Waals surface area contributed by atoms with Gasteiger partial charge >= 0.3 is 0 Å². The molecule has 0 amide bonds. The Morgan fingerprint density at radius 2 is 2.00 bits per heavy atom. The minimum absolute atomic E-state index is 0.550. The summed E-state index contributed by atoms with van der Waals surface area (Å²) in [5, 5.41) is 10.4. The van der Waals surface area contributed by atoms with E-state index in [-0.39, 0.29) is 0 Å². The molecule has 2 aromatic rings. The van der Waals surface area contributed by atoms with Crippen molar-refractivity contribution in [2.45, 2.75) is 26.4 Å². The van der Waals surface area contributed by atoms with Gasteiger partial charge in [-0.1, -0.05) is 12.1 Å². The number of hydrogen-bond acceptors (Lipinski definition) is 3. The summed E-state index contributed by atoms with van der Waals surface area (Å²) in [4.78, 5) is 4.39. The summed E-state index contributed by atoms with van der Waals surface area (Å²) in [5.74, 6) is 0.788. The van der Waals surface area contributed by atoms with Crippen LogP contribution in [0.25, 0.3) is 0 Å². The molecule has 0 aliphatic carbocycles. The van der Waals surface area contributed by atoms with Gasteiger partial charge in [0.2, 0.25) is 0 Å². The fraction of sp³-hybridized carbons (Fsp3) is 0.312. The SMILES string of the molecule is COc1ccc(CC(O)c2ccc(C)nc2C)cc1Br. The Morgan fingerprint density at radius 1 is 1.25 bits per heavy atom. The van der Waals surface area contributed by atoms with Gasteiger partial charge in [-0.3, -0.25) is 4.98 Å². The minimum Gasteiger partial charge on any atom is -0.496 e. The standard InChI is InChI=1S/C16H18BrNO2/c1-10-4-6-13(11(2)18-10)15(19)9-12-5-7-16(20-3)14(17)8-12/h4-8,15,19H,9H2,1-3H3. The van der Waals surface area contributed by atoms with Gasteiger partial charge in [-0.2, -0.15) is 0 Å². The maximum Gasteiger partial charge on any atom is 0.133 e. The van der Waals surface area contributed by atoms with E-state index in [1.165, 1.54) is 0 Å². The Bertz CT molecular complexity index is 613. The van der Waals surface area contributed by atoms with Crippen LogP contribution < -0.4 is 4.74 Å². The molecule has 20 heavy (non-hydrogen) atoms. The Hall–Kier alpha value is -1.39. The lowest BCUT2D eigenvalue weighted by atomic mass is 10.00. The van der Waals surface area contributed by atoms with Crippen LogP contribution in [0.15, 0.2) is 34.8 Å². The Labute approximate surface area is 127 Å². The lowest BCUT2D eigenvalue weighted by Gasteiger charge is -2.14. The molecule has 2 rings (SSSR count). The van der Waals surface area contributed by atoms with Crippen molar-refractivity contribution in [2.75, 3.05) is 7.11 Å². The highest BCUT2D eigenvalue weighted by Crippen LogP contribution is 2.28. The number of pyridine rings is 1. The number of methoxy groups -OCH3 is 1. The summed E-state index contributed by atoms with van der Waals surface area (Å²) in [6, 6.07) is 9.70. The van der Waals surface area contributed by atoms with E-state index in [4.69, 9.17) is 4.74 Å². The van der Waals surface area contributed by atoms with Gasteiger partial charge in [0.1, 0.15) is 5.75 Å². The zero-order chi connectivity index (χ0) is 14.7. The lowest BCUT2D eigenvalue weighted by Crippen LogP contribution is -2.05. The van der Waals surface area contributed by atoms with Crippen molar-refractivity contribution in [1.82, 2.24) is 4.98 Å². The first-order valence-corrected chi connectivity index (χ1v) is 7.25. The van der Waals surface area contributed by atoms with Crippen molar-refractivity contribution < 1.29 is 9.84 Å². The molecule has 0 saturated carbocycles. The van der Waals surface area contributed by atoms with Crippen molar-refractivity contribution in [1.29, 1.82) is 0 Å². The van der Waals surface area contributed by atoms with Gasteiger partial charge in [-0.15, -0.1) is 0 Å². The van der Waals surface area contributed by atoms with Crippen LogP contribution in [0.4, 0.5) is 0 Å². The van der Waals surface area contributed by atoms with Crippen molar-refractivity contribution in [2.24, 2.45) is 0 Å². The zero-order valence-electron chi connectivity index (χ0n) is 11.9. The highest BCUT2D eigenvalue weighted by Gasteiger charge is 2.13. The Morgan fingerprint density at radius 3 is 2.60 bits per heavy atom.